The number of amides is 1. The van der Waals surface area contributed by atoms with Crippen LogP contribution in [0.4, 0.5) is 16.4 Å². The van der Waals surface area contributed by atoms with Crippen molar-refractivity contribution < 1.29 is 18.1 Å². The van der Waals surface area contributed by atoms with E-state index >= 15 is 0 Å². The number of nitro groups is 1. The Kier molecular flexibility index (Phi) is 6.22. The second kappa shape index (κ2) is 8.95. The van der Waals surface area contributed by atoms with E-state index in [1.54, 1.807) is 19.1 Å². The van der Waals surface area contributed by atoms with Crippen molar-refractivity contribution in [1.29, 1.82) is 0 Å². The lowest BCUT2D eigenvalue weighted by atomic mass is 9.95. The van der Waals surface area contributed by atoms with Crippen LogP contribution in [-0.4, -0.2) is 19.2 Å². The van der Waals surface area contributed by atoms with Crippen molar-refractivity contribution in [3.05, 3.63) is 79.7 Å². The van der Waals surface area contributed by atoms with Crippen LogP contribution in [0.5, 0.6) is 0 Å². The van der Waals surface area contributed by atoms with Crippen molar-refractivity contribution >= 4 is 43.6 Å². The minimum absolute atomic E-state index is 0.187. The molecule has 3 aromatic rings. The van der Waals surface area contributed by atoms with Crippen LogP contribution in [0.15, 0.2) is 47.4 Å². The summed E-state index contributed by atoms with van der Waals surface area (Å²) in [6.07, 6.45) is 3.37. The first-order chi connectivity index (χ1) is 15.7. The first kappa shape index (κ1) is 22.9. The molecule has 8 nitrogen and oxygen atoms in total. The van der Waals surface area contributed by atoms with Crippen LogP contribution in [0.2, 0.25) is 0 Å². The second-order valence-electron chi connectivity index (χ2n) is 8.05. The highest BCUT2D eigenvalue weighted by Crippen LogP contribution is 2.40. The number of aryl methyl sites for hydroxylation is 3. The number of nitro benzene ring substituents is 1. The Bertz CT molecular complexity index is 1350. The van der Waals surface area contributed by atoms with E-state index in [1.165, 1.54) is 23.5 Å². The predicted molar refractivity (Wildman–Crippen MR) is 129 cm³/mol. The number of anilines is 2. The number of carbonyl (C=O) groups excluding carboxylic acids is 1. The van der Waals surface area contributed by atoms with E-state index in [4.69, 9.17) is 0 Å². The summed E-state index contributed by atoms with van der Waals surface area (Å²) in [5.74, 6) is -0.383. The molecule has 4 rings (SSSR count). The number of carbonyl (C=O) groups is 1. The fourth-order valence-corrected chi connectivity index (χ4v) is 6.74. The Morgan fingerprint density at radius 2 is 1.76 bits per heavy atom. The number of hydrogen-bond acceptors (Lipinski definition) is 6. The van der Waals surface area contributed by atoms with Gasteiger partial charge in [0.2, 0.25) is 0 Å². The Morgan fingerprint density at radius 3 is 2.45 bits per heavy atom. The number of sulfonamides is 1. The molecule has 0 aliphatic heterocycles. The van der Waals surface area contributed by atoms with Gasteiger partial charge >= 0.3 is 0 Å². The molecule has 0 bridgehead atoms. The number of fused-ring (bicyclic) bond motifs is 1. The van der Waals surface area contributed by atoms with Gasteiger partial charge in [-0.25, -0.2) is 8.42 Å². The highest BCUT2D eigenvalue weighted by Gasteiger charge is 2.29. The number of hydrogen-bond donors (Lipinski definition) is 2. The SMILES string of the molecule is Cc1ccc(NC(=O)c2c(NS(=O)(=O)c3cc([N+](=O)[O-])ccc3C)sc3c2CCCC3)cc1. The highest BCUT2D eigenvalue weighted by molar-refractivity contribution is 7.93. The van der Waals surface area contributed by atoms with Gasteiger partial charge in [0.1, 0.15) is 5.00 Å². The molecule has 0 unspecified atom stereocenters. The summed E-state index contributed by atoms with van der Waals surface area (Å²) >= 11 is 1.26. The topological polar surface area (TPSA) is 118 Å². The molecule has 172 valence electrons. The number of thiophene rings is 1. The largest absolute Gasteiger partial charge is 0.322 e. The van der Waals surface area contributed by atoms with Crippen molar-refractivity contribution in [3.8, 4) is 0 Å². The van der Waals surface area contributed by atoms with Crippen molar-refractivity contribution in [2.24, 2.45) is 0 Å². The molecular weight excluding hydrogens is 462 g/mol. The zero-order chi connectivity index (χ0) is 23.8. The molecule has 33 heavy (non-hydrogen) atoms. The van der Waals surface area contributed by atoms with E-state index in [9.17, 15) is 23.3 Å². The molecule has 1 heterocycles. The zero-order valence-corrected chi connectivity index (χ0v) is 19.8. The molecule has 1 aliphatic carbocycles. The van der Waals surface area contributed by atoms with Crippen molar-refractivity contribution in [1.82, 2.24) is 0 Å². The lowest BCUT2D eigenvalue weighted by molar-refractivity contribution is -0.385. The van der Waals surface area contributed by atoms with Crippen molar-refractivity contribution in [2.45, 2.75) is 44.4 Å². The van der Waals surface area contributed by atoms with Gasteiger partial charge in [-0.15, -0.1) is 11.3 Å². The number of non-ortho nitro benzene ring substituents is 1. The summed E-state index contributed by atoms with van der Waals surface area (Å²) in [6.45, 7) is 3.52. The molecule has 1 aromatic heterocycles. The molecule has 2 aromatic carbocycles. The average Bonchev–Trinajstić information content (AvgIpc) is 3.12. The number of rotatable bonds is 6. The molecule has 0 atom stereocenters. The van der Waals surface area contributed by atoms with Crippen LogP contribution < -0.4 is 10.0 Å². The van der Waals surface area contributed by atoms with E-state index in [-0.39, 0.29) is 21.5 Å². The maximum absolute atomic E-state index is 13.3. The Labute approximate surface area is 195 Å². The van der Waals surface area contributed by atoms with Gasteiger partial charge in [0.15, 0.2) is 0 Å². The van der Waals surface area contributed by atoms with Gasteiger partial charge < -0.3 is 5.32 Å². The van der Waals surface area contributed by atoms with Crippen LogP contribution in [0.1, 0.15) is 44.8 Å². The van der Waals surface area contributed by atoms with E-state index in [0.717, 1.165) is 41.3 Å². The second-order valence-corrected chi connectivity index (χ2v) is 10.8. The van der Waals surface area contributed by atoms with E-state index < -0.39 is 14.9 Å². The minimum Gasteiger partial charge on any atom is -0.322 e. The van der Waals surface area contributed by atoms with Crippen LogP contribution >= 0.6 is 11.3 Å². The molecule has 10 heteroatoms. The lowest BCUT2D eigenvalue weighted by Gasteiger charge is -2.14. The van der Waals surface area contributed by atoms with E-state index in [2.05, 4.69) is 10.0 Å². The average molecular weight is 486 g/mol. The Morgan fingerprint density at radius 1 is 1.06 bits per heavy atom. The van der Waals surface area contributed by atoms with Crippen LogP contribution in [0.3, 0.4) is 0 Å². The van der Waals surface area contributed by atoms with Gasteiger partial charge in [0.05, 0.1) is 15.4 Å². The van der Waals surface area contributed by atoms with Crippen LogP contribution in [0.25, 0.3) is 0 Å². The lowest BCUT2D eigenvalue weighted by Crippen LogP contribution is -2.19. The van der Waals surface area contributed by atoms with E-state index in [0.29, 0.717) is 23.2 Å². The van der Waals surface area contributed by atoms with Gasteiger partial charge in [-0.2, -0.15) is 0 Å². The molecule has 0 spiro atoms. The first-order valence-electron chi connectivity index (χ1n) is 10.5. The molecule has 1 amide bonds. The van der Waals surface area contributed by atoms with Crippen molar-refractivity contribution in [3.63, 3.8) is 0 Å². The smallest absolute Gasteiger partial charge is 0.270 e. The van der Waals surface area contributed by atoms with Crippen molar-refractivity contribution in [2.75, 3.05) is 10.0 Å². The van der Waals surface area contributed by atoms with Gasteiger partial charge in [0.25, 0.3) is 21.6 Å². The maximum Gasteiger partial charge on any atom is 0.270 e. The van der Waals surface area contributed by atoms with Gasteiger partial charge in [-0.3, -0.25) is 19.6 Å². The van der Waals surface area contributed by atoms with E-state index in [1.807, 2.05) is 19.1 Å². The molecule has 0 saturated heterocycles. The third-order valence-corrected chi connectivity index (χ3v) is 8.44. The Hall–Kier alpha value is -3.24. The van der Waals surface area contributed by atoms with Crippen LogP contribution in [-0.2, 0) is 22.9 Å². The zero-order valence-electron chi connectivity index (χ0n) is 18.2. The highest BCUT2D eigenvalue weighted by atomic mass is 32.2. The monoisotopic (exact) mass is 485 g/mol. The molecule has 0 fully saturated rings. The van der Waals surface area contributed by atoms with Crippen LogP contribution in [0, 0.1) is 24.0 Å². The molecule has 0 saturated carbocycles. The Balaban J connectivity index is 1.73. The summed E-state index contributed by atoms with van der Waals surface area (Å²) in [6, 6.07) is 11.1. The standard InChI is InChI=1S/C23H23N3O5S2/c1-14-7-10-16(11-8-14)24-22(27)21-18-5-3-4-6-19(18)32-23(21)25-33(30,31)20-13-17(26(28)29)12-9-15(20)2/h7-13,25H,3-6H2,1-2H3,(H,24,27). The normalized spacial score (nSPS) is 13.3. The number of benzene rings is 2. The fourth-order valence-electron chi connectivity index (χ4n) is 3.88. The maximum atomic E-state index is 13.3. The van der Waals surface area contributed by atoms with Gasteiger partial charge in [-0.05, 0) is 62.8 Å². The summed E-state index contributed by atoms with van der Waals surface area (Å²) in [5.41, 5.74) is 2.92. The third kappa shape index (κ3) is 4.76. The molecule has 0 radical (unpaired) electrons. The number of nitrogens with one attached hydrogen (secondary N) is 2. The summed E-state index contributed by atoms with van der Waals surface area (Å²) in [5, 5.41) is 14.3. The predicted octanol–water partition coefficient (Wildman–Crippen LogP) is 5.21. The minimum atomic E-state index is -4.16. The first-order valence-corrected chi connectivity index (χ1v) is 12.8. The quantitative estimate of drug-likeness (QED) is 0.367. The fraction of sp³-hybridized carbons (Fsp3) is 0.261. The number of nitrogens with zero attached hydrogens (tertiary/aromatic N) is 1. The summed E-state index contributed by atoms with van der Waals surface area (Å²) in [4.78, 5) is 24.6. The van der Waals surface area contributed by atoms with Gasteiger partial charge in [-0.1, -0.05) is 23.8 Å². The summed E-state index contributed by atoms with van der Waals surface area (Å²) < 4.78 is 29.0. The van der Waals surface area contributed by atoms with Gasteiger partial charge in [0, 0.05) is 22.7 Å². The molecular formula is C23H23N3O5S2. The molecule has 1 aliphatic rings. The molecule has 2 N–H and O–H groups in total. The summed E-state index contributed by atoms with van der Waals surface area (Å²) in [7, 11) is -4.16. The third-order valence-electron chi connectivity index (χ3n) is 5.61.